The number of pyridine rings is 1. The normalized spacial score (nSPS) is 20.5. The molecule has 3 aliphatic heterocycles. The van der Waals surface area contributed by atoms with Gasteiger partial charge in [-0.1, -0.05) is 35.7 Å². The zero-order valence-corrected chi connectivity index (χ0v) is 23.5. The summed E-state index contributed by atoms with van der Waals surface area (Å²) in [4.78, 5) is 25.3. The number of aromatic nitrogens is 1. The Balaban J connectivity index is 1.20. The van der Waals surface area contributed by atoms with Gasteiger partial charge >= 0.3 is 0 Å². The average Bonchev–Trinajstić information content (AvgIpc) is 2.91. The molecule has 3 aliphatic rings. The van der Waals surface area contributed by atoms with Gasteiger partial charge in [0.1, 0.15) is 0 Å². The standard InChI is InChI=1S/C29H34N4O3S2/c1-19(17-32-8-13-36-20(2)18-32)30-21-6-7-25-27(14-21)37-26-5-3-4-23(29(26)38-25)24-15-22(16-28(34)31-24)33-9-11-35-12-10-33/h3-7,14-16,19-20,30H,8-13,17-18H2,1-2H3,(H,31,34)/t19?,20-/m0/s1. The van der Waals surface area contributed by atoms with Crippen molar-refractivity contribution in [1.82, 2.24) is 9.88 Å². The van der Waals surface area contributed by atoms with Crippen molar-refractivity contribution >= 4 is 34.9 Å². The molecule has 38 heavy (non-hydrogen) atoms. The lowest BCUT2D eigenvalue weighted by molar-refractivity contribution is -0.0188. The van der Waals surface area contributed by atoms with E-state index in [1.807, 2.05) is 0 Å². The molecule has 200 valence electrons. The Morgan fingerprint density at radius 2 is 1.89 bits per heavy atom. The Morgan fingerprint density at radius 1 is 1.03 bits per heavy atom. The second-order valence-electron chi connectivity index (χ2n) is 10.2. The molecule has 4 heterocycles. The highest BCUT2D eigenvalue weighted by molar-refractivity contribution is 8.05. The van der Waals surface area contributed by atoms with E-state index in [1.165, 1.54) is 19.6 Å². The Morgan fingerprint density at radius 3 is 2.74 bits per heavy atom. The number of nitrogens with one attached hydrogen (secondary N) is 2. The molecule has 3 aromatic rings. The minimum Gasteiger partial charge on any atom is -0.381 e. The topological polar surface area (TPSA) is 69.8 Å². The monoisotopic (exact) mass is 550 g/mol. The first-order valence-corrected chi connectivity index (χ1v) is 15.0. The van der Waals surface area contributed by atoms with Crippen LogP contribution in [-0.4, -0.2) is 74.6 Å². The number of morpholine rings is 2. The van der Waals surface area contributed by atoms with Crippen LogP contribution in [0.2, 0.25) is 0 Å². The number of fused-ring (bicyclic) bond motifs is 2. The molecule has 0 aliphatic carbocycles. The van der Waals surface area contributed by atoms with Crippen LogP contribution in [0.3, 0.4) is 0 Å². The fourth-order valence-corrected chi connectivity index (χ4v) is 7.77. The van der Waals surface area contributed by atoms with E-state index in [4.69, 9.17) is 9.47 Å². The highest BCUT2D eigenvalue weighted by Gasteiger charge is 2.23. The van der Waals surface area contributed by atoms with Gasteiger partial charge in [0.2, 0.25) is 5.56 Å². The van der Waals surface area contributed by atoms with Gasteiger partial charge in [0, 0.05) is 81.4 Å². The minimum absolute atomic E-state index is 0.0770. The first-order valence-electron chi connectivity index (χ1n) is 13.3. The average molecular weight is 551 g/mol. The van der Waals surface area contributed by atoms with Crippen molar-refractivity contribution in [3.8, 4) is 11.3 Å². The maximum absolute atomic E-state index is 12.6. The van der Waals surface area contributed by atoms with Gasteiger partial charge in [-0.2, -0.15) is 0 Å². The maximum atomic E-state index is 12.6. The Labute approximate surface area is 232 Å². The SMILES string of the molecule is CC(CN1CCO[C@@H](C)C1)Nc1ccc2c(c1)Sc1cccc(-c3cc(N4CCOCC4)cc(=O)[nH]3)c1S2. The van der Waals surface area contributed by atoms with E-state index in [-0.39, 0.29) is 5.56 Å². The number of aromatic amines is 1. The van der Waals surface area contributed by atoms with Crippen LogP contribution >= 0.6 is 23.5 Å². The molecule has 2 atom stereocenters. The van der Waals surface area contributed by atoms with Crippen molar-refractivity contribution in [2.45, 2.75) is 45.6 Å². The summed E-state index contributed by atoms with van der Waals surface area (Å²) >= 11 is 3.58. The number of hydrogen-bond acceptors (Lipinski definition) is 8. The van der Waals surface area contributed by atoms with E-state index < -0.39 is 0 Å². The lowest BCUT2D eigenvalue weighted by Crippen LogP contribution is -2.45. The van der Waals surface area contributed by atoms with Crippen LogP contribution in [0, 0.1) is 0 Å². The molecule has 2 fully saturated rings. The quantitative estimate of drug-likeness (QED) is 0.347. The second-order valence-corrected chi connectivity index (χ2v) is 12.3. The Kier molecular flexibility index (Phi) is 7.72. The van der Waals surface area contributed by atoms with Gasteiger partial charge < -0.3 is 24.7 Å². The van der Waals surface area contributed by atoms with Gasteiger partial charge in [0.25, 0.3) is 0 Å². The summed E-state index contributed by atoms with van der Waals surface area (Å²) < 4.78 is 11.2. The summed E-state index contributed by atoms with van der Waals surface area (Å²) in [5, 5.41) is 3.70. The number of hydrogen-bond donors (Lipinski definition) is 2. The number of ether oxygens (including phenoxy) is 2. The lowest BCUT2D eigenvalue weighted by Gasteiger charge is -2.33. The predicted octanol–water partition coefficient (Wildman–Crippen LogP) is 5.02. The van der Waals surface area contributed by atoms with Gasteiger partial charge in [-0.3, -0.25) is 9.69 Å². The molecule has 0 spiro atoms. The highest BCUT2D eigenvalue weighted by Crippen LogP contribution is 2.52. The zero-order chi connectivity index (χ0) is 26.1. The van der Waals surface area contributed by atoms with E-state index in [2.05, 4.69) is 76.4 Å². The van der Waals surface area contributed by atoms with Gasteiger partial charge in [-0.15, -0.1) is 0 Å². The molecule has 9 heteroatoms. The summed E-state index contributed by atoms with van der Waals surface area (Å²) in [5.41, 5.74) is 3.94. The summed E-state index contributed by atoms with van der Waals surface area (Å²) in [5.74, 6) is 0. The molecule has 0 saturated carbocycles. The van der Waals surface area contributed by atoms with Crippen molar-refractivity contribution in [3.63, 3.8) is 0 Å². The third-order valence-corrected chi connectivity index (χ3v) is 9.72. The summed E-state index contributed by atoms with van der Waals surface area (Å²) in [6, 6.07) is 17.2. The molecule has 6 rings (SSSR count). The van der Waals surface area contributed by atoms with Crippen LogP contribution in [0.5, 0.6) is 0 Å². The zero-order valence-electron chi connectivity index (χ0n) is 21.9. The van der Waals surface area contributed by atoms with Crippen LogP contribution in [0.1, 0.15) is 13.8 Å². The number of anilines is 2. The summed E-state index contributed by atoms with van der Waals surface area (Å²) in [6.07, 6.45) is 0.303. The van der Waals surface area contributed by atoms with Crippen molar-refractivity contribution in [1.29, 1.82) is 0 Å². The van der Waals surface area contributed by atoms with Crippen molar-refractivity contribution in [2.24, 2.45) is 0 Å². The molecule has 1 unspecified atom stereocenters. The van der Waals surface area contributed by atoms with E-state index in [0.717, 1.165) is 62.0 Å². The van der Waals surface area contributed by atoms with Crippen LogP contribution in [0.4, 0.5) is 11.4 Å². The van der Waals surface area contributed by atoms with Gasteiger partial charge in [-0.05, 0) is 44.2 Å². The van der Waals surface area contributed by atoms with Crippen LogP contribution in [0.25, 0.3) is 11.3 Å². The number of nitrogens with zero attached hydrogens (tertiary/aromatic N) is 2. The minimum atomic E-state index is -0.0770. The molecular weight excluding hydrogens is 516 g/mol. The van der Waals surface area contributed by atoms with Crippen LogP contribution in [-0.2, 0) is 9.47 Å². The second kappa shape index (κ2) is 11.4. The van der Waals surface area contributed by atoms with Gasteiger partial charge in [-0.25, -0.2) is 0 Å². The van der Waals surface area contributed by atoms with E-state index >= 15 is 0 Å². The van der Waals surface area contributed by atoms with Gasteiger partial charge in [0.05, 0.1) is 31.6 Å². The first kappa shape index (κ1) is 25.8. The summed E-state index contributed by atoms with van der Waals surface area (Å²) in [6.45, 7) is 11.2. The van der Waals surface area contributed by atoms with E-state index in [9.17, 15) is 4.79 Å². The fourth-order valence-electron chi connectivity index (χ4n) is 5.36. The largest absolute Gasteiger partial charge is 0.381 e. The molecule has 0 amide bonds. The number of H-pyrrole nitrogens is 1. The molecule has 0 bridgehead atoms. The smallest absolute Gasteiger partial charge is 0.250 e. The van der Waals surface area contributed by atoms with E-state index in [1.54, 1.807) is 29.6 Å². The molecule has 2 saturated heterocycles. The van der Waals surface area contributed by atoms with Crippen molar-refractivity contribution in [2.75, 3.05) is 62.8 Å². The lowest BCUT2D eigenvalue weighted by atomic mass is 10.1. The molecule has 1 aromatic heterocycles. The maximum Gasteiger partial charge on any atom is 0.250 e. The molecule has 2 N–H and O–H groups in total. The van der Waals surface area contributed by atoms with Crippen LogP contribution < -0.4 is 15.8 Å². The molecule has 2 aromatic carbocycles. The molecular formula is C29H34N4O3S2. The number of benzene rings is 2. The Bertz CT molecular complexity index is 1360. The predicted molar refractivity (Wildman–Crippen MR) is 155 cm³/mol. The molecule has 0 radical (unpaired) electrons. The highest BCUT2D eigenvalue weighted by atomic mass is 32.2. The third-order valence-electron chi connectivity index (χ3n) is 7.12. The van der Waals surface area contributed by atoms with E-state index in [0.29, 0.717) is 25.4 Å². The number of rotatable bonds is 6. The van der Waals surface area contributed by atoms with Crippen LogP contribution in [0.15, 0.2) is 72.9 Å². The third kappa shape index (κ3) is 5.77. The molecule has 7 nitrogen and oxygen atoms in total. The summed E-state index contributed by atoms with van der Waals surface area (Å²) in [7, 11) is 0. The first-order chi connectivity index (χ1) is 18.5. The van der Waals surface area contributed by atoms with Crippen molar-refractivity contribution in [3.05, 3.63) is 58.9 Å². The van der Waals surface area contributed by atoms with Crippen molar-refractivity contribution < 1.29 is 9.47 Å². The fraction of sp³-hybridized carbons (Fsp3) is 0.414. The Hall–Kier alpha value is -2.43. The van der Waals surface area contributed by atoms with Gasteiger partial charge in [0.15, 0.2) is 0 Å².